The van der Waals surface area contributed by atoms with Crippen LogP contribution in [0.2, 0.25) is 5.02 Å². The van der Waals surface area contributed by atoms with Gasteiger partial charge in [-0.25, -0.2) is 18.2 Å². The predicted octanol–water partition coefficient (Wildman–Crippen LogP) is 5.21. The molecule has 0 amide bonds. The summed E-state index contributed by atoms with van der Waals surface area (Å²) >= 11 is 6.10. The van der Waals surface area contributed by atoms with E-state index in [0.29, 0.717) is 17.3 Å². The number of nitrogens with zero attached hydrogens (tertiary/aromatic N) is 2. The summed E-state index contributed by atoms with van der Waals surface area (Å²) in [6.07, 6.45) is 0. The molecule has 4 nitrogen and oxygen atoms in total. The maximum Gasteiger partial charge on any atom is 0.225 e. The summed E-state index contributed by atoms with van der Waals surface area (Å²) in [7, 11) is 0. The Morgan fingerprint density at radius 3 is 2.54 bits per heavy atom. The van der Waals surface area contributed by atoms with Crippen LogP contribution in [0.3, 0.4) is 0 Å². The van der Waals surface area contributed by atoms with Crippen molar-refractivity contribution in [3.63, 3.8) is 0 Å². The lowest BCUT2D eigenvalue weighted by molar-refractivity contribution is 0.449. The first-order valence-electron chi connectivity index (χ1n) is 7.67. The molecule has 3 aromatic rings. The summed E-state index contributed by atoms with van der Waals surface area (Å²) in [5, 5.41) is 6.27. The van der Waals surface area contributed by atoms with Crippen LogP contribution in [0.25, 0.3) is 0 Å². The van der Waals surface area contributed by atoms with E-state index >= 15 is 0 Å². The molecule has 0 aliphatic carbocycles. The molecule has 26 heavy (non-hydrogen) atoms. The second-order valence-electron chi connectivity index (χ2n) is 5.51. The molecule has 0 radical (unpaired) electrons. The third kappa shape index (κ3) is 4.05. The number of hydrogen-bond donors (Lipinski definition) is 2. The Hall–Kier alpha value is -2.80. The van der Waals surface area contributed by atoms with E-state index in [-0.39, 0.29) is 17.5 Å². The molecule has 0 spiro atoms. The van der Waals surface area contributed by atoms with E-state index in [1.54, 1.807) is 19.1 Å². The number of aryl methyl sites for hydroxylation is 1. The van der Waals surface area contributed by atoms with Gasteiger partial charge in [-0.1, -0.05) is 29.8 Å². The predicted molar refractivity (Wildman–Crippen MR) is 95.1 cm³/mol. The summed E-state index contributed by atoms with van der Waals surface area (Å²) < 4.78 is 40.2. The highest BCUT2D eigenvalue weighted by atomic mass is 35.5. The molecule has 0 saturated heterocycles. The topological polar surface area (TPSA) is 49.8 Å². The van der Waals surface area contributed by atoms with E-state index in [1.165, 1.54) is 0 Å². The van der Waals surface area contributed by atoms with Crippen LogP contribution < -0.4 is 10.6 Å². The number of nitrogens with one attached hydrogen (secondary N) is 2. The maximum absolute atomic E-state index is 13.8. The second kappa shape index (κ2) is 7.61. The molecule has 0 fully saturated rings. The van der Waals surface area contributed by atoms with Crippen molar-refractivity contribution in [3.05, 3.63) is 76.2 Å². The third-order valence-corrected chi connectivity index (χ3v) is 3.92. The molecule has 0 atom stereocenters. The van der Waals surface area contributed by atoms with Crippen LogP contribution in [-0.4, -0.2) is 9.97 Å². The van der Waals surface area contributed by atoms with Crippen LogP contribution in [0.4, 0.5) is 30.6 Å². The van der Waals surface area contributed by atoms with Gasteiger partial charge in [0.1, 0.15) is 5.82 Å². The lowest BCUT2D eigenvalue weighted by Crippen LogP contribution is -2.07. The smallest absolute Gasteiger partial charge is 0.225 e. The molecule has 8 heteroatoms. The monoisotopic (exact) mass is 378 g/mol. The van der Waals surface area contributed by atoms with Gasteiger partial charge >= 0.3 is 0 Å². The van der Waals surface area contributed by atoms with Crippen LogP contribution in [-0.2, 0) is 6.54 Å². The highest BCUT2D eigenvalue weighted by Gasteiger charge is 2.14. The van der Waals surface area contributed by atoms with Gasteiger partial charge in [-0.3, -0.25) is 0 Å². The zero-order chi connectivity index (χ0) is 18.7. The second-order valence-corrected chi connectivity index (χ2v) is 5.92. The molecular formula is C18H14ClF3N4. The third-order valence-electron chi connectivity index (χ3n) is 3.55. The Morgan fingerprint density at radius 2 is 1.77 bits per heavy atom. The number of anilines is 3. The number of aromatic nitrogens is 2. The molecule has 1 aromatic heterocycles. The standard InChI is InChI=1S/C18H14ClF3N4/c1-10-8-15(25-14-7-6-13(20)16(21)17(14)22)26-18(24-10)23-9-11-4-2-3-5-12(11)19/h2-8H,9H2,1H3,(H2,23,24,25,26). The normalized spacial score (nSPS) is 10.7. The van der Waals surface area contributed by atoms with Gasteiger partial charge in [0.2, 0.25) is 5.95 Å². The Morgan fingerprint density at radius 1 is 1.00 bits per heavy atom. The Kier molecular flexibility index (Phi) is 5.27. The van der Waals surface area contributed by atoms with Crippen LogP contribution in [0.5, 0.6) is 0 Å². The number of hydrogen-bond acceptors (Lipinski definition) is 4. The highest BCUT2D eigenvalue weighted by molar-refractivity contribution is 6.31. The molecule has 134 valence electrons. The lowest BCUT2D eigenvalue weighted by atomic mass is 10.2. The number of rotatable bonds is 5. The molecule has 0 bridgehead atoms. The average Bonchev–Trinajstić information content (AvgIpc) is 2.61. The molecule has 0 unspecified atom stereocenters. The van der Waals surface area contributed by atoms with Gasteiger partial charge in [0, 0.05) is 23.3 Å². The fourth-order valence-electron chi connectivity index (χ4n) is 2.29. The molecular weight excluding hydrogens is 365 g/mol. The lowest BCUT2D eigenvalue weighted by Gasteiger charge is -2.11. The van der Waals surface area contributed by atoms with Crippen molar-refractivity contribution in [2.24, 2.45) is 0 Å². The van der Waals surface area contributed by atoms with Crippen LogP contribution in [0, 0.1) is 24.4 Å². The van der Waals surface area contributed by atoms with Crippen molar-refractivity contribution in [2.75, 3.05) is 10.6 Å². The summed E-state index contributed by atoms with van der Waals surface area (Å²) in [6.45, 7) is 2.12. The van der Waals surface area contributed by atoms with Gasteiger partial charge in [-0.15, -0.1) is 0 Å². The molecule has 1 heterocycles. The van der Waals surface area contributed by atoms with E-state index in [0.717, 1.165) is 17.7 Å². The summed E-state index contributed by atoms with van der Waals surface area (Å²) in [5.74, 6) is -3.59. The van der Waals surface area contributed by atoms with Gasteiger partial charge in [0.15, 0.2) is 17.5 Å². The SMILES string of the molecule is Cc1cc(Nc2ccc(F)c(F)c2F)nc(NCc2ccccc2Cl)n1. The van der Waals surface area contributed by atoms with Gasteiger partial charge in [0.25, 0.3) is 0 Å². The largest absolute Gasteiger partial charge is 0.350 e. The fourth-order valence-corrected chi connectivity index (χ4v) is 2.49. The average molecular weight is 379 g/mol. The molecule has 0 aliphatic heterocycles. The van der Waals surface area contributed by atoms with Crippen molar-refractivity contribution in [1.29, 1.82) is 0 Å². The van der Waals surface area contributed by atoms with E-state index in [9.17, 15) is 13.2 Å². The van der Waals surface area contributed by atoms with Crippen LogP contribution >= 0.6 is 11.6 Å². The number of halogens is 4. The fraction of sp³-hybridized carbons (Fsp3) is 0.111. The first kappa shape index (κ1) is 18.0. The van der Waals surface area contributed by atoms with E-state index in [4.69, 9.17) is 11.6 Å². The zero-order valence-corrected chi connectivity index (χ0v) is 14.4. The van der Waals surface area contributed by atoms with Crippen LogP contribution in [0.15, 0.2) is 42.5 Å². The van der Waals surface area contributed by atoms with E-state index in [2.05, 4.69) is 20.6 Å². The van der Waals surface area contributed by atoms with Gasteiger partial charge < -0.3 is 10.6 Å². The van der Waals surface area contributed by atoms with Gasteiger partial charge in [0.05, 0.1) is 5.69 Å². The minimum Gasteiger partial charge on any atom is -0.350 e. The Bertz CT molecular complexity index is 950. The van der Waals surface area contributed by atoms with Crippen molar-refractivity contribution < 1.29 is 13.2 Å². The first-order valence-corrected chi connectivity index (χ1v) is 8.05. The first-order chi connectivity index (χ1) is 12.4. The summed E-state index contributed by atoms with van der Waals surface area (Å²) in [6, 6.07) is 10.8. The summed E-state index contributed by atoms with van der Waals surface area (Å²) in [5.41, 5.74) is 1.24. The van der Waals surface area contributed by atoms with Gasteiger partial charge in [-0.05, 0) is 30.7 Å². The van der Waals surface area contributed by atoms with Crippen LogP contribution in [0.1, 0.15) is 11.3 Å². The number of benzene rings is 2. The Balaban J connectivity index is 1.80. The van der Waals surface area contributed by atoms with E-state index < -0.39 is 17.5 Å². The Labute approximate surface area is 153 Å². The minimum atomic E-state index is -1.54. The molecule has 0 saturated carbocycles. The van der Waals surface area contributed by atoms with Crippen molar-refractivity contribution in [3.8, 4) is 0 Å². The van der Waals surface area contributed by atoms with Gasteiger partial charge in [-0.2, -0.15) is 4.98 Å². The van der Waals surface area contributed by atoms with Crippen molar-refractivity contribution in [2.45, 2.75) is 13.5 Å². The maximum atomic E-state index is 13.8. The minimum absolute atomic E-state index is 0.223. The van der Waals surface area contributed by atoms with E-state index in [1.807, 2.05) is 18.2 Å². The van der Waals surface area contributed by atoms with Crippen molar-refractivity contribution in [1.82, 2.24) is 9.97 Å². The quantitative estimate of drug-likeness (QED) is 0.598. The highest BCUT2D eigenvalue weighted by Crippen LogP contribution is 2.24. The molecule has 0 aliphatic rings. The molecule has 3 rings (SSSR count). The zero-order valence-electron chi connectivity index (χ0n) is 13.7. The van der Waals surface area contributed by atoms with Crippen molar-refractivity contribution >= 4 is 29.1 Å². The molecule has 2 N–H and O–H groups in total. The summed E-state index contributed by atoms with van der Waals surface area (Å²) in [4.78, 5) is 8.45. The molecule has 2 aromatic carbocycles.